The molecular weight excluding hydrogens is 364 g/mol. The summed E-state index contributed by atoms with van der Waals surface area (Å²) in [5, 5.41) is 0. The third-order valence-corrected chi connectivity index (χ3v) is 5.98. The van der Waals surface area contributed by atoms with E-state index in [0.717, 1.165) is 34.1 Å². The summed E-state index contributed by atoms with van der Waals surface area (Å²) in [5.74, 6) is 3.31. The molecule has 0 aromatic heterocycles. The molecule has 0 spiro atoms. The van der Waals surface area contributed by atoms with E-state index in [1.165, 1.54) is 0 Å². The molecule has 2 aromatic carbocycles. The van der Waals surface area contributed by atoms with Crippen molar-refractivity contribution < 1.29 is 33.2 Å². The van der Waals surface area contributed by atoms with E-state index in [2.05, 4.69) is 0 Å². The van der Waals surface area contributed by atoms with Crippen LogP contribution >= 0.6 is 0 Å². The highest BCUT2D eigenvalue weighted by atomic mass is 16.7. The van der Waals surface area contributed by atoms with E-state index in [1.807, 2.05) is 36.4 Å². The number of hydrogen-bond acceptors (Lipinski definition) is 7. The van der Waals surface area contributed by atoms with Gasteiger partial charge >= 0.3 is 0 Å². The molecule has 6 rings (SSSR count). The Morgan fingerprint density at radius 1 is 0.786 bits per heavy atom. The van der Waals surface area contributed by atoms with Gasteiger partial charge in [0.05, 0.1) is 18.8 Å². The molecule has 5 atom stereocenters. The molecule has 2 saturated heterocycles. The normalized spacial score (nSPS) is 32.0. The minimum Gasteiger partial charge on any atom is -0.454 e. The Labute approximate surface area is 162 Å². The molecule has 0 amide bonds. The van der Waals surface area contributed by atoms with Crippen LogP contribution in [0.15, 0.2) is 36.4 Å². The Morgan fingerprint density at radius 2 is 1.39 bits per heavy atom. The standard InChI is InChI=1S/C21H20O7/c1-22-21-18-13(19(28-21)11-2-4-14-16(6-11)26-9-24-14)8-23-20(18)12-3-5-15-17(7-12)27-10-25-15/h2-7,13,18-21H,8-10H2,1H3/t13-,18-,19-,20-,21+/m0/s1. The van der Waals surface area contributed by atoms with Gasteiger partial charge in [-0.25, -0.2) is 0 Å². The molecule has 0 aliphatic carbocycles. The molecule has 146 valence electrons. The third kappa shape index (κ3) is 2.40. The Hall–Kier alpha value is -2.48. The summed E-state index contributed by atoms with van der Waals surface area (Å²) < 4.78 is 40.1. The number of ether oxygens (including phenoxy) is 7. The quantitative estimate of drug-likeness (QED) is 0.805. The number of methoxy groups -OCH3 is 1. The van der Waals surface area contributed by atoms with Crippen LogP contribution in [0.4, 0.5) is 0 Å². The monoisotopic (exact) mass is 384 g/mol. The van der Waals surface area contributed by atoms with Crippen molar-refractivity contribution in [3.8, 4) is 23.0 Å². The Morgan fingerprint density at radius 3 is 2.04 bits per heavy atom. The molecule has 2 aromatic rings. The number of fused-ring (bicyclic) bond motifs is 3. The summed E-state index contributed by atoms with van der Waals surface area (Å²) >= 11 is 0. The first-order valence-electron chi connectivity index (χ1n) is 9.41. The van der Waals surface area contributed by atoms with Gasteiger partial charge in [-0.15, -0.1) is 0 Å². The van der Waals surface area contributed by atoms with Gasteiger partial charge in [-0.3, -0.25) is 0 Å². The highest BCUT2D eigenvalue weighted by Gasteiger charge is 2.54. The van der Waals surface area contributed by atoms with Crippen LogP contribution in [0.2, 0.25) is 0 Å². The molecule has 0 N–H and O–H groups in total. The van der Waals surface area contributed by atoms with E-state index in [0.29, 0.717) is 6.61 Å². The van der Waals surface area contributed by atoms with Gasteiger partial charge in [0.15, 0.2) is 29.3 Å². The minimum absolute atomic E-state index is 0.0841. The van der Waals surface area contributed by atoms with Crippen molar-refractivity contribution in [2.45, 2.75) is 18.5 Å². The van der Waals surface area contributed by atoms with Gasteiger partial charge in [0, 0.05) is 18.9 Å². The lowest BCUT2D eigenvalue weighted by molar-refractivity contribution is -0.153. The first-order valence-corrected chi connectivity index (χ1v) is 9.41. The molecule has 0 saturated carbocycles. The SMILES string of the molecule is CO[C@@H]1O[C@@H](c2ccc3c(c2)OCO3)[C@H]2CO[C@@H](c3ccc4c(c3)OCO4)[C@@H]12. The summed E-state index contributed by atoms with van der Waals surface area (Å²) in [6, 6.07) is 11.9. The molecule has 4 aliphatic rings. The number of hydrogen-bond donors (Lipinski definition) is 0. The van der Waals surface area contributed by atoms with Crippen LogP contribution in [0.1, 0.15) is 23.3 Å². The highest BCUT2D eigenvalue weighted by Crippen LogP contribution is 2.54. The average molecular weight is 384 g/mol. The van der Waals surface area contributed by atoms with Crippen molar-refractivity contribution >= 4 is 0 Å². The first-order chi connectivity index (χ1) is 13.8. The van der Waals surface area contributed by atoms with Crippen molar-refractivity contribution in [3.63, 3.8) is 0 Å². The van der Waals surface area contributed by atoms with Crippen molar-refractivity contribution in [1.82, 2.24) is 0 Å². The maximum atomic E-state index is 6.31. The second-order valence-electron chi connectivity index (χ2n) is 7.38. The van der Waals surface area contributed by atoms with Crippen LogP contribution in [-0.2, 0) is 14.2 Å². The van der Waals surface area contributed by atoms with E-state index >= 15 is 0 Å². The molecule has 7 nitrogen and oxygen atoms in total. The Balaban J connectivity index is 1.32. The second-order valence-corrected chi connectivity index (χ2v) is 7.38. The summed E-state index contributed by atoms with van der Waals surface area (Å²) in [6.45, 7) is 1.11. The summed E-state index contributed by atoms with van der Waals surface area (Å²) in [7, 11) is 1.68. The lowest BCUT2D eigenvalue weighted by Crippen LogP contribution is -2.24. The minimum atomic E-state index is -0.349. The van der Waals surface area contributed by atoms with Crippen LogP contribution in [0.5, 0.6) is 23.0 Å². The van der Waals surface area contributed by atoms with Crippen LogP contribution < -0.4 is 18.9 Å². The van der Waals surface area contributed by atoms with Gasteiger partial charge in [0.25, 0.3) is 0 Å². The average Bonchev–Trinajstić information content (AvgIpc) is 3.49. The predicted octanol–water partition coefficient (Wildman–Crippen LogP) is 3.19. The molecule has 28 heavy (non-hydrogen) atoms. The Kier molecular flexibility index (Phi) is 3.69. The van der Waals surface area contributed by atoms with Crippen molar-refractivity contribution in [1.29, 1.82) is 0 Å². The fourth-order valence-corrected chi connectivity index (χ4v) is 4.67. The first kappa shape index (κ1) is 16.5. The van der Waals surface area contributed by atoms with E-state index < -0.39 is 0 Å². The van der Waals surface area contributed by atoms with Crippen molar-refractivity contribution in [2.75, 3.05) is 27.3 Å². The number of rotatable bonds is 3. The van der Waals surface area contributed by atoms with Gasteiger partial charge in [-0.2, -0.15) is 0 Å². The van der Waals surface area contributed by atoms with Crippen LogP contribution in [0, 0.1) is 11.8 Å². The van der Waals surface area contributed by atoms with E-state index in [-0.39, 0.29) is 43.9 Å². The highest BCUT2D eigenvalue weighted by molar-refractivity contribution is 5.47. The molecule has 2 fully saturated rings. The van der Waals surface area contributed by atoms with Gasteiger partial charge in [-0.1, -0.05) is 12.1 Å². The zero-order chi connectivity index (χ0) is 18.7. The summed E-state index contributed by atoms with van der Waals surface area (Å²) in [5.41, 5.74) is 2.10. The molecule has 0 radical (unpaired) electrons. The van der Waals surface area contributed by atoms with Gasteiger partial charge in [0.2, 0.25) is 13.6 Å². The largest absolute Gasteiger partial charge is 0.454 e. The van der Waals surface area contributed by atoms with Gasteiger partial charge in [0.1, 0.15) is 0 Å². The third-order valence-electron chi connectivity index (χ3n) is 5.98. The number of benzene rings is 2. The second kappa shape index (κ2) is 6.27. The maximum absolute atomic E-state index is 6.31. The topological polar surface area (TPSA) is 64.6 Å². The molecule has 0 unspecified atom stereocenters. The summed E-state index contributed by atoms with van der Waals surface area (Å²) in [4.78, 5) is 0. The lowest BCUT2D eigenvalue weighted by Gasteiger charge is -2.22. The molecule has 7 heteroatoms. The molecular formula is C21H20O7. The zero-order valence-corrected chi connectivity index (χ0v) is 15.3. The van der Waals surface area contributed by atoms with Crippen molar-refractivity contribution in [3.05, 3.63) is 47.5 Å². The van der Waals surface area contributed by atoms with Gasteiger partial charge < -0.3 is 33.2 Å². The van der Waals surface area contributed by atoms with Crippen molar-refractivity contribution in [2.24, 2.45) is 11.8 Å². The molecule has 4 aliphatic heterocycles. The smallest absolute Gasteiger partial charge is 0.231 e. The zero-order valence-electron chi connectivity index (χ0n) is 15.3. The van der Waals surface area contributed by atoms with E-state index in [9.17, 15) is 0 Å². The van der Waals surface area contributed by atoms with Crippen LogP contribution in [-0.4, -0.2) is 33.6 Å². The van der Waals surface area contributed by atoms with Crippen LogP contribution in [0.3, 0.4) is 0 Å². The molecule has 0 bridgehead atoms. The lowest BCUT2D eigenvalue weighted by atomic mass is 9.84. The summed E-state index contributed by atoms with van der Waals surface area (Å²) in [6.07, 6.45) is -0.592. The molecule has 4 heterocycles. The van der Waals surface area contributed by atoms with Crippen LogP contribution in [0.25, 0.3) is 0 Å². The predicted molar refractivity (Wildman–Crippen MR) is 95.4 cm³/mol. The van der Waals surface area contributed by atoms with E-state index in [1.54, 1.807) is 7.11 Å². The Bertz CT molecular complexity index is 858. The van der Waals surface area contributed by atoms with Gasteiger partial charge in [-0.05, 0) is 35.4 Å². The van der Waals surface area contributed by atoms with E-state index in [4.69, 9.17) is 33.2 Å². The fraction of sp³-hybridized carbons (Fsp3) is 0.429. The maximum Gasteiger partial charge on any atom is 0.231 e. The fourth-order valence-electron chi connectivity index (χ4n) is 4.67.